The Balaban J connectivity index is 2.41. The molecule has 124 valence electrons. The summed E-state index contributed by atoms with van der Waals surface area (Å²) >= 11 is 0. The Morgan fingerprint density at radius 3 is 2.27 bits per heavy atom. The highest BCUT2D eigenvalue weighted by Gasteiger charge is 2.27. The molecule has 0 saturated heterocycles. The number of nitrogens with zero attached hydrogens (tertiary/aromatic N) is 1. The fraction of sp³-hybridized carbons (Fsp3) is 0.533. The minimum atomic E-state index is -4.29. The van der Waals surface area contributed by atoms with E-state index < -0.39 is 12.8 Å². The van der Waals surface area contributed by atoms with Crippen molar-refractivity contribution in [3.63, 3.8) is 0 Å². The number of benzene rings is 1. The molecule has 0 amide bonds. The second-order valence-corrected chi connectivity index (χ2v) is 5.15. The van der Waals surface area contributed by atoms with E-state index in [1.54, 1.807) is 19.2 Å². The van der Waals surface area contributed by atoms with Gasteiger partial charge in [0.25, 0.3) is 0 Å². The van der Waals surface area contributed by atoms with Gasteiger partial charge in [0.15, 0.2) is 5.96 Å². The molecule has 0 bridgehead atoms. The monoisotopic (exact) mass is 317 g/mol. The van der Waals surface area contributed by atoms with E-state index in [2.05, 4.69) is 20.4 Å². The lowest BCUT2D eigenvalue weighted by atomic mass is 10.1. The average molecular weight is 317 g/mol. The molecule has 0 aliphatic carbocycles. The number of rotatable bonds is 6. The third-order valence-electron chi connectivity index (χ3n) is 2.67. The molecule has 0 unspecified atom stereocenters. The topological polar surface area (TPSA) is 45.7 Å². The summed E-state index contributed by atoms with van der Waals surface area (Å²) in [7, 11) is 1.69. The summed E-state index contributed by atoms with van der Waals surface area (Å²) in [5.41, 5.74) is 1.71. The zero-order chi connectivity index (χ0) is 16.6. The number of ether oxygens (including phenoxy) is 1. The summed E-state index contributed by atoms with van der Waals surface area (Å²) in [6, 6.07) is 7.49. The van der Waals surface area contributed by atoms with Crippen LogP contribution in [-0.4, -0.2) is 31.8 Å². The number of hydrogen-bond acceptors (Lipinski definition) is 2. The predicted molar refractivity (Wildman–Crippen MR) is 80.6 cm³/mol. The molecule has 0 saturated carbocycles. The fourth-order valence-electron chi connectivity index (χ4n) is 1.69. The molecule has 0 aromatic heterocycles. The van der Waals surface area contributed by atoms with Crippen LogP contribution in [0.2, 0.25) is 0 Å². The zero-order valence-corrected chi connectivity index (χ0v) is 13.0. The summed E-state index contributed by atoms with van der Waals surface area (Å²) in [6.45, 7) is 3.33. The van der Waals surface area contributed by atoms with Gasteiger partial charge in [0, 0.05) is 19.6 Å². The first-order valence-corrected chi connectivity index (χ1v) is 6.99. The first-order chi connectivity index (χ1) is 10.3. The molecule has 2 N–H and O–H groups in total. The minimum absolute atomic E-state index is 0.0518. The van der Waals surface area contributed by atoms with E-state index in [-0.39, 0.29) is 12.6 Å². The Labute approximate surface area is 128 Å². The van der Waals surface area contributed by atoms with Crippen LogP contribution in [0, 0.1) is 0 Å². The summed E-state index contributed by atoms with van der Waals surface area (Å²) in [5.74, 6) is 0.701. The van der Waals surface area contributed by atoms with Crippen molar-refractivity contribution in [2.24, 2.45) is 4.99 Å². The molecule has 7 heteroatoms. The molecule has 4 nitrogen and oxygen atoms in total. The van der Waals surface area contributed by atoms with E-state index >= 15 is 0 Å². The van der Waals surface area contributed by atoms with Gasteiger partial charge in [0.1, 0.15) is 6.61 Å². The number of hydrogen-bond donors (Lipinski definition) is 2. The lowest BCUT2D eigenvalue weighted by Crippen LogP contribution is -2.40. The number of alkyl halides is 3. The van der Waals surface area contributed by atoms with Crippen LogP contribution in [0.15, 0.2) is 29.3 Å². The van der Waals surface area contributed by atoms with Crippen LogP contribution in [0.3, 0.4) is 0 Å². The Morgan fingerprint density at radius 1 is 1.18 bits per heavy atom. The van der Waals surface area contributed by atoms with Crippen LogP contribution in [0.5, 0.6) is 0 Å². The van der Waals surface area contributed by atoms with E-state index in [0.29, 0.717) is 18.1 Å². The first kappa shape index (κ1) is 18.3. The molecule has 1 aromatic rings. The zero-order valence-electron chi connectivity index (χ0n) is 13.0. The second kappa shape index (κ2) is 8.63. The van der Waals surface area contributed by atoms with E-state index in [1.807, 2.05) is 26.0 Å². The van der Waals surface area contributed by atoms with E-state index in [9.17, 15) is 13.2 Å². The molecular formula is C15H22F3N3O. The second-order valence-electron chi connectivity index (χ2n) is 5.15. The Bertz CT molecular complexity index is 470. The molecule has 0 fully saturated rings. The molecule has 0 heterocycles. The van der Waals surface area contributed by atoms with Crippen molar-refractivity contribution < 1.29 is 17.9 Å². The van der Waals surface area contributed by atoms with E-state index in [0.717, 1.165) is 5.56 Å². The molecule has 0 aliphatic rings. The molecule has 0 radical (unpaired) electrons. The maximum Gasteiger partial charge on any atom is 0.411 e. The van der Waals surface area contributed by atoms with Crippen molar-refractivity contribution in [1.29, 1.82) is 0 Å². The van der Waals surface area contributed by atoms with Crippen molar-refractivity contribution in [3.05, 3.63) is 35.4 Å². The number of halogens is 3. The summed E-state index contributed by atoms with van der Waals surface area (Å²) < 4.78 is 40.5. The van der Waals surface area contributed by atoms with Crippen molar-refractivity contribution in [2.45, 2.75) is 39.2 Å². The smallest absolute Gasteiger partial charge is 0.367 e. The van der Waals surface area contributed by atoms with Gasteiger partial charge in [-0.3, -0.25) is 4.99 Å². The van der Waals surface area contributed by atoms with Crippen molar-refractivity contribution in [1.82, 2.24) is 10.6 Å². The third kappa shape index (κ3) is 7.87. The van der Waals surface area contributed by atoms with Gasteiger partial charge in [-0.1, -0.05) is 24.3 Å². The van der Waals surface area contributed by atoms with Gasteiger partial charge in [0.2, 0.25) is 0 Å². The van der Waals surface area contributed by atoms with Crippen LogP contribution < -0.4 is 10.6 Å². The Morgan fingerprint density at radius 2 is 1.77 bits per heavy atom. The van der Waals surface area contributed by atoms with Crippen LogP contribution in [0.1, 0.15) is 25.0 Å². The van der Waals surface area contributed by atoms with E-state index in [4.69, 9.17) is 0 Å². The summed E-state index contributed by atoms with van der Waals surface area (Å²) in [4.78, 5) is 4.09. The lowest BCUT2D eigenvalue weighted by molar-refractivity contribution is -0.176. The van der Waals surface area contributed by atoms with Crippen LogP contribution in [0.4, 0.5) is 13.2 Å². The van der Waals surface area contributed by atoms with Crippen LogP contribution in [-0.2, 0) is 17.9 Å². The maximum atomic E-state index is 12.0. The Kier molecular flexibility index (Phi) is 7.17. The Hall–Kier alpha value is -1.76. The van der Waals surface area contributed by atoms with Gasteiger partial charge in [-0.15, -0.1) is 0 Å². The van der Waals surface area contributed by atoms with Gasteiger partial charge >= 0.3 is 6.18 Å². The fourth-order valence-corrected chi connectivity index (χ4v) is 1.69. The van der Waals surface area contributed by atoms with Crippen molar-refractivity contribution in [2.75, 3.05) is 13.7 Å². The molecule has 0 atom stereocenters. The first-order valence-electron chi connectivity index (χ1n) is 6.99. The molecule has 0 aliphatic heterocycles. The highest BCUT2D eigenvalue weighted by Crippen LogP contribution is 2.15. The van der Waals surface area contributed by atoms with Crippen molar-refractivity contribution >= 4 is 5.96 Å². The predicted octanol–water partition coefficient (Wildman–Crippen LogP) is 2.84. The minimum Gasteiger partial charge on any atom is -0.367 e. The average Bonchev–Trinajstić information content (AvgIpc) is 2.43. The third-order valence-corrected chi connectivity index (χ3v) is 2.67. The quantitative estimate of drug-likeness (QED) is 0.626. The maximum absolute atomic E-state index is 12.0. The SMILES string of the molecule is CN=C(NCc1ccc(COCC(F)(F)F)cc1)NC(C)C. The van der Waals surface area contributed by atoms with Crippen LogP contribution >= 0.6 is 0 Å². The summed E-state index contributed by atoms with van der Waals surface area (Å²) in [5, 5.41) is 6.32. The van der Waals surface area contributed by atoms with Gasteiger partial charge < -0.3 is 15.4 Å². The standard InChI is InChI=1S/C15H22F3N3O/c1-11(2)21-14(19-3)20-8-12-4-6-13(7-5-12)9-22-10-15(16,17)18/h4-7,11H,8-10H2,1-3H3,(H2,19,20,21). The number of guanidine groups is 1. The lowest BCUT2D eigenvalue weighted by Gasteiger charge is -2.14. The molecule has 22 heavy (non-hydrogen) atoms. The highest BCUT2D eigenvalue weighted by molar-refractivity contribution is 5.79. The van der Waals surface area contributed by atoms with Crippen molar-refractivity contribution in [3.8, 4) is 0 Å². The largest absolute Gasteiger partial charge is 0.411 e. The van der Waals surface area contributed by atoms with Gasteiger partial charge in [-0.25, -0.2) is 0 Å². The highest BCUT2D eigenvalue weighted by atomic mass is 19.4. The number of nitrogens with one attached hydrogen (secondary N) is 2. The normalized spacial score (nSPS) is 12.6. The van der Waals surface area contributed by atoms with Gasteiger partial charge in [-0.2, -0.15) is 13.2 Å². The molecule has 0 spiro atoms. The van der Waals surface area contributed by atoms with Gasteiger partial charge in [0.05, 0.1) is 6.61 Å². The summed E-state index contributed by atoms with van der Waals surface area (Å²) in [6.07, 6.45) is -4.29. The van der Waals surface area contributed by atoms with Crippen LogP contribution in [0.25, 0.3) is 0 Å². The van der Waals surface area contributed by atoms with E-state index in [1.165, 1.54) is 0 Å². The van der Waals surface area contributed by atoms with Gasteiger partial charge in [-0.05, 0) is 25.0 Å². The molecular weight excluding hydrogens is 295 g/mol. The molecule has 1 aromatic carbocycles. The molecule has 1 rings (SSSR count). The number of aliphatic imine (C=N–C) groups is 1.